The van der Waals surface area contributed by atoms with Crippen molar-refractivity contribution in [3.63, 3.8) is 0 Å². The van der Waals surface area contributed by atoms with Gasteiger partial charge in [0.25, 0.3) is 0 Å². The number of sulfonamides is 1. The summed E-state index contributed by atoms with van der Waals surface area (Å²) in [7, 11) is -3.42. The van der Waals surface area contributed by atoms with Crippen LogP contribution in [-0.4, -0.2) is 60.2 Å². The highest BCUT2D eigenvalue weighted by atomic mass is 35.5. The quantitative estimate of drug-likeness (QED) is 0.767. The molecule has 0 bridgehead atoms. The second kappa shape index (κ2) is 8.20. The molecule has 3 heterocycles. The number of nitrogens with one attached hydrogen (secondary N) is 1. The van der Waals surface area contributed by atoms with Gasteiger partial charge in [-0.05, 0) is 50.3 Å². The number of aromatic nitrogens is 1. The zero-order valence-electron chi connectivity index (χ0n) is 17.0. The number of piperidine rings is 1. The van der Waals surface area contributed by atoms with E-state index in [1.807, 2.05) is 24.3 Å². The Balaban J connectivity index is 1.30. The normalized spacial score (nSPS) is 19.0. The predicted octanol–water partition coefficient (Wildman–Crippen LogP) is 3.37. The highest BCUT2D eigenvalue weighted by Crippen LogP contribution is 2.32. The summed E-state index contributed by atoms with van der Waals surface area (Å²) in [5, 5.41) is 6.70. The molecule has 1 aromatic heterocycles. The van der Waals surface area contributed by atoms with Crippen LogP contribution in [0.25, 0.3) is 0 Å². The summed E-state index contributed by atoms with van der Waals surface area (Å²) >= 11 is 5.95. The van der Waals surface area contributed by atoms with Crippen LogP contribution in [-0.2, 0) is 10.0 Å². The summed E-state index contributed by atoms with van der Waals surface area (Å²) in [6.45, 7) is 4.83. The van der Waals surface area contributed by atoms with Gasteiger partial charge in [0.15, 0.2) is 5.76 Å². The van der Waals surface area contributed by atoms with E-state index in [1.54, 1.807) is 18.2 Å². The van der Waals surface area contributed by atoms with Crippen molar-refractivity contribution in [3.8, 4) is 0 Å². The van der Waals surface area contributed by atoms with Crippen molar-refractivity contribution >= 4 is 33.3 Å². The fraction of sp³-hybridized carbons (Fsp3) is 0.500. The Bertz CT molecular complexity index is 1000. The van der Waals surface area contributed by atoms with E-state index in [4.69, 9.17) is 16.1 Å². The topological polar surface area (TPSA) is 95.7 Å². The Kier molecular flexibility index (Phi) is 5.78. The third kappa shape index (κ3) is 4.06. The molecular weight excluding hydrogens is 428 g/mol. The van der Waals surface area contributed by atoms with Crippen LogP contribution in [0, 0.1) is 13.8 Å². The number of halogens is 1. The summed E-state index contributed by atoms with van der Waals surface area (Å²) in [6, 6.07) is 7.43. The third-order valence-corrected chi connectivity index (χ3v) is 8.45. The predicted molar refractivity (Wildman–Crippen MR) is 114 cm³/mol. The molecule has 0 unspecified atom stereocenters. The van der Waals surface area contributed by atoms with Crippen LogP contribution >= 0.6 is 11.6 Å². The average molecular weight is 453 g/mol. The smallest absolute Gasteiger partial charge is 0.322 e. The van der Waals surface area contributed by atoms with Gasteiger partial charge < -0.3 is 14.7 Å². The molecule has 0 radical (unpaired) electrons. The molecule has 2 aromatic rings. The lowest BCUT2D eigenvalue weighted by atomic mass is 9.90. The summed E-state index contributed by atoms with van der Waals surface area (Å²) in [5.74, 6) is 0.863. The lowest BCUT2D eigenvalue weighted by molar-refractivity contribution is 0.179. The highest BCUT2D eigenvalue weighted by molar-refractivity contribution is 7.89. The molecule has 0 aliphatic carbocycles. The molecule has 2 saturated heterocycles. The number of anilines is 1. The van der Waals surface area contributed by atoms with Crippen molar-refractivity contribution < 1.29 is 17.7 Å². The van der Waals surface area contributed by atoms with Crippen molar-refractivity contribution in [1.29, 1.82) is 0 Å². The molecule has 1 N–H and O–H groups in total. The fourth-order valence-corrected chi connectivity index (χ4v) is 6.03. The molecule has 0 saturated carbocycles. The third-order valence-electron chi connectivity index (χ3n) is 5.98. The standard InChI is InChI=1S/C20H25ClN4O4S/c1-13-19(14(2)29-23-13)22-20(26)24-11-18(12-24)30(27,28)25-9-7-16(8-10-25)15-3-5-17(21)6-4-15/h3-6,16,18H,7-12H2,1-2H3,(H,22,26). The summed E-state index contributed by atoms with van der Waals surface area (Å²) in [5.41, 5.74) is 2.33. The number of benzene rings is 1. The lowest BCUT2D eigenvalue weighted by Crippen LogP contribution is -2.61. The van der Waals surface area contributed by atoms with Crippen LogP contribution in [0.15, 0.2) is 28.8 Å². The number of hydrogen-bond acceptors (Lipinski definition) is 5. The number of amides is 2. The second-order valence-electron chi connectivity index (χ2n) is 7.93. The first-order valence-electron chi connectivity index (χ1n) is 9.99. The molecule has 4 rings (SSSR count). The van der Waals surface area contributed by atoms with Gasteiger partial charge in [-0.2, -0.15) is 0 Å². The first-order valence-corrected chi connectivity index (χ1v) is 11.9. The SMILES string of the molecule is Cc1noc(C)c1NC(=O)N1CC(S(=O)(=O)N2CCC(c3ccc(Cl)cc3)CC2)C1. The molecule has 0 atom stereocenters. The minimum atomic E-state index is -3.42. The van der Waals surface area contributed by atoms with E-state index in [2.05, 4.69) is 10.5 Å². The van der Waals surface area contributed by atoms with Crippen molar-refractivity contribution in [2.75, 3.05) is 31.5 Å². The number of hydrogen-bond donors (Lipinski definition) is 1. The Morgan fingerprint density at radius 1 is 1.17 bits per heavy atom. The van der Waals surface area contributed by atoms with Crippen LogP contribution in [0.1, 0.15) is 35.8 Å². The molecule has 2 aliphatic heterocycles. The van der Waals surface area contributed by atoms with Crippen molar-refractivity contribution in [2.45, 2.75) is 37.9 Å². The molecule has 2 amide bonds. The number of carbonyl (C=O) groups is 1. The number of carbonyl (C=O) groups excluding carboxylic acids is 1. The molecule has 2 aliphatic rings. The zero-order valence-corrected chi connectivity index (χ0v) is 18.5. The van der Waals surface area contributed by atoms with E-state index in [-0.39, 0.29) is 19.1 Å². The molecule has 10 heteroatoms. The minimum absolute atomic E-state index is 0.189. The van der Waals surface area contributed by atoms with Gasteiger partial charge in [0.05, 0.1) is 0 Å². The molecule has 0 spiro atoms. The first kappa shape index (κ1) is 21.1. The first-order chi connectivity index (χ1) is 14.3. The maximum absolute atomic E-state index is 13.0. The van der Waals surface area contributed by atoms with Crippen LogP contribution in [0.3, 0.4) is 0 Å². The van der Waals surface area contributed by atoms with Gasteiger partial charge >= 0.3 is 6.03 Å². The summed E-state index contributed by atoms with van der Waals surface area (Å²) in [6.07, 6.45) is 1.56. The second-order valence-corrected chi connectivity index (χ2v) is 10.6. The number of aryl methyl sites for hydroxylation is 2. The van der Waals surface area contributed by atoms with Gasteiger partial charge in [-0.3, -0.25) is 0 Å². The molecule has 1 aromatic carbocycles. The van der Waals surface area contributed by atoms with E-state index in [0.29, 0.717) is 41.2 Å². The van der Waals surface area contributed by atoms with Gasteiger partial charge in [0.1, 0.15) is 16.6 Å². The van der Waals surface area contributed by atoms with Gasteiger partial charge in [0.2, 0.25) is 10.0 Å². The molecule has 162 valence electrons. The van der Waals surface area contributed by atoms with Crippen molar-refractivity contribution in [2.24, 2.45) is 0 Å². The molecule has 8 nitrogen and oxygen atoms in total. The van der Waals surface area contributed by atoms with Gasteiger partial charge in [0, 0.05) is 31.2 Å². The van der Waals surface area contributed by atoms with E-state index in [1.165, 1.54) is 10.5 Å². The lowest BCUT2D eigenvalue weighted by Gasteiger charge is -2.42. The number of rotatable bonds is 4. The Labute approximate surface area is 181 Å². The Hall–Kier alpha value is -2.10. The zero-order chi connectivity index (χ0) is 21.5. The van der Waals surface area contributed by atoms with E-state index < -0.39 is 15.3 Å². The van der Waals surface area contributed by atoms with Crippen LogP contribution in [0.2, 0.25) is 5.02 Å². The fourth-order valence-electron chi connectivity index (χ4n) is 4.03. The Morgan fingerprint density at radius 2 is 1.80 bits per heavy atom. The van der Waals surface area contributed by atoms with Gasteiger partial charge in [-0.25, -0.2) is 17.5 Å². The maximum Gasteiger partial charge on any atom is 0.322 e. The molecule has 30 heavy (non-hydrogen) atoms. The number of nitrogens with zero attached hydrogens (tertiary/aromatic N) is 3. The van der Waals surface area contributed by atoms with Gasteiger partial charge in [-0.15, -0.1) is 0 Å². The minimum Gasteiger partial charge on any atom is -0.359 e. The Morgan fingerprint density at radius 3 is 2.37 bits per heavy atom. The molecule has 2 fully saturated rings. The van der Waals surface area contributed by atoms with Crippen molar-refractivity contribution in [3.05, 3.63) is 46.3 Å². The summed E-state index contributed by atoms with van der Waals surface area (Å²) in [4.78, 5) is 13.9. The average Bonchev–Trinajstić information content (AvgIpc) is 2.99. The highest BCUT2D eigenvalue weighted by Gasteiger charge is 2.43. The van der Waals surface area contributed by atoms with E-state index >= 15 is 0 Å². The van der Waals surface area contributed by atoms with E-state index in [0.717, 1.165) is 12.8 Å². The van der Waals surface area contributed by atoms with Crippen LogP contribution in [0.5, 0.6) is 0 Å². The number of likely N-dealkylation sites (tertiary alicyclic amines) is 1. The number of urea groups is 1. The monoisotopic (exact) mass is 452 g/mol. The largest absolute Gasteiger partial charge is 0.359 e. The molecular formula is C20H25ClN4O4S. The van der Waals surface area contributed by atoms with Crippen molar-refractivity contribution in [1.82, 2.24) is 14.4 Å². The van der Waals surface area contributed by atoms with Crippen LogP contribution in [0.4, 0.5) is 10.5 Å². The maximum atomic E-state index is 13.0. The van der Waals surface area contributed by atoms with E-state index in [9.17, 15) is 13.2 Å². The van der Waals surface area contributed by atoms with Crippen LogP contribution < -0.4 is 5.32 Å². The van der Waals surface area contributed by atoms with Gasteiger partial charge in [-0.1, -0.05) is 28.9 Å². The summed E-state index contributed by atoms with van der Waals surface area (Å²) < 4.78 is 32.6.